The number of ketones is 1. The molecule has 0 saturated carbocycles. The van der Waals surface area contributed by atoms with Gasteiger partial charge in [0.15, 0.2) is 10.9 Å². The third-order valence-electron chi connectivity index (χ3n) is 4.95. The van der Waals surface area contributed by atoms with Crippen molar-refractivity contribution >= 4 is 34.5 Å². The molecule has 0 fully saturated rings. The van der Waals surface area contributed by atoms with Gasteiger partial charge in [-0.25, -0.2) is 9.78 Å². The molecule has 160 valence electrons. The van der Waals surface area contributed by atoms with Gasteiger partial charge in [0.25, 0.3) is 0 Å². The molecule has 7 nitrogen and oxygen atoms in total. The van der Waals surface area contributed by atoms with Gasteiger partial charge >= 0.3 is 5.97 Å². The van der Waals surface area contributed by atoms with E-state index in [2.05, 4.69) is 9.55 Å². The summed E-state index contributed by atoms with van der Waals surface area (Å²) in [5, 5.41) is 0.371. The van der Waals surface area contributed by atoms with Crippen molar-refractivity contribution in [1.29, 1.82) is 0 Å². The van der Waals surface area contributed by atoms with E-state index in [1.807, 2.05) is 31.2 Å². The number of H-pyrrole nitrogens is 1. The Morgan fingerprint density at radius 1 is 1.27 bits per heavy atom. The maximum Gasteiger partial charge on any atom is 0.340 e. The summed E-state index contributed by atoms with van der Waals surface area (Å²) in [5.74, 6) is -0.494. The van der Waals surface area contributed by atoms with Crippen LogP contribution in [-0.2, 0) is 16.0 Å². The van der Waals surface area contributed by atoms with Crippen molar-refractivity contribution in [3.63, 3.8) is 0 Å². The second kappa shape index (κ2) is 9.49. The summed E-state index contributed by atoms with van der Waals surface area (Å²) in [6.45, 7) is 8.65. The van der Waals surface area contributed by atoms with Gasteiger partial charge < -0.3 is 19.0 Å². The molecule has 1 unspecified atom stereocenters. The Morgan fingerprint density at radius 3 is 2.70 bits per heavy atom. The lowest BCUT2D eigenvalue weighted by Crippen LogP contribution is -2.17. The van der Waals surface area contributed by atoms with Gasteiger partial charge in [-0.1, -0.05) is 23.9 Å². The van der Waals surface area contributed by atoms with E-state index in [0.29, 0.717) is 35.7 Å². The number of hydrogen-bond donors (Lipinski definition) is 1. The number of esters is 1. The number of benzene rings is 1. The van der Waals surface area contributed by atoms with Crippen molar-refractivity contribution in [3.8, 4) is 0 Å². The van der Waals surface area contributed by atoms with E-state index in [4.69, 9.17) is 14.5 Å². The van der Waals surface area contributed by atoms with Crippen LogP contribution in [0.5, 0.6) is 0 Å². The lowest BCUT2D eigenvalue weighted by molar-refractivity contribution is 0.0525. The van der Waals surface area contributed by atoms with Crippen LogP contribution in [0.2, 0.25) is 0 Å². The molecular weight excluding hydrogens is 402 g/mol. The zero-order valence-electron chi connectivity index (χ0n) is 17.9. The van der Waals surface area contributed by atoms with Crippen molar-refractivity contribution in [2.45, 2.75) is 44.6 Å². The SMILES string of the molecule is CCOC(=O)c1c(C)[nH]c(C(=O)C(C)Sc2nc3ccccc3n2CCOC)c1C. The van der Waals surface area contributed by atoms with Crippen molar-refractivity contribution in [3.05, 3.63) is 46.8 Å². The number of nitrogens with one attached hydrogen (secondary N) is 1. The highest BCUT2D eigenvalue weighted by Gasteiger charge is 2.27. The minimum atomic E-state index is -0.413. The first-order chi connectivity index (χ1) is 14.4. The molecule has 30 heavy (non-hydrogen) atoms. The van der Waals surface area contributed by atoms with Gasteiger partial charge in [-0.15, -0.1) is 0 Å². The van der Waals surface area contributed by atoms with Crippen LogP contribution in [0.4, 0.5) is 0 Å². The minimum absolute atomic E-state index is 0.0819. The number of ether oxygens (including phenoxy) is 2. The molecule has 2 aromatic heterocycles. The maximum atomic E-state index is 13.2. The number of carbonyl (C=O) groups is 2. The number of aryl methyl sites for hydroxylation is 1. The summed E-state index contributed by atoms with van der Waals surface area (Å²) in [6.07, 6.45) is 0. The number of Topliss-reactive ketones (excluding diaryl/α,β-unsaturated/α-hetero) is 1. The minimum Gasteiger partial charge on any atom is -0.462 e. The van der Waals surface area contributed by atoms with Gasteiger partial charge in [0.05, 0.1) is 40.8 Å². The van der Waals surface area contributed by atoms with E-state index in [1.165, 1.54) is 11.8 Å². The number of fused-ring (bicyclic) bond motifs is 1. The average molecular weight is 430 g/mol. The maximum absolute atomic E-state index is 13.2. The quantitative estimate of drug-likeness (QED) is 0.312. The van der Waals surface area contributed by atoms with E-state index in [-0.39, 0.29) is 12.4 Å². The van der Waals surface area contributed by atoms with Crippen LogP contribution in [0.25, 0.3) is 11.0 Å². The smallest absolute Gasteiger partial charge is 0.340 e. The molecule has 2 heterocycles. The van der Waals surface area contributed by atoms with Crippen LogP contribution in [0.3, 0.4) is 0 Å². The third kappa shape index (κ3) is 4.29. The molecule has 0 bridgehead atoms. The van der Waals surface area contributed by atoms with Crippen LogP contribution in [0.15, 0.2) is 29.4 Å². The summed E-state index contributed by atoms with van der Waals surface area (Å²) in [6, 6.07) is 7.89. The number of rotatable bonds is 9. The number of aromatic nitrogens is 3. The number of nitrogens with zero attached hydrogens (tertiary/aromatic N) is 2. The molecule has 0 spiro atoms. The topological polar surface area (TPSA) is 86.2 Å². The number of para-hydroxylation sites is 2. The normalized spacial score (nSPS) is 12.3. The van der Waals surface area contributed by atoms with E-state index < -0.39 is 11.2 Å². The molecule has 1 N–H and O–H groups in total. The number of hydrogen-bond acceptors (Lipinski definition) is 6. The molecule has 0 radical (unpaired) electrons. The zero-order valence-corrected chi connectivity index (χ0v) is 18.8. The Hall–Kier alpha value is -2.58. The second-order valence-electron chi connectivity index (χ2n) is 7.00. The van der Waals surface area contributed by atoms with Crippen molar-refractivity contribution in [1.82, 2.24) is 14.5 Å². The summed E-state index contributed by atoms with van der Waals surface area (Å²) in [7, 11) is 1.66. The Kier molecular flexibility index (Phi) is 6.99. The number of carbonyl (C=O) groups excluding carboxylic acids is 2. The van der Waals surface area contributed by atoms with Gasteiger partial charge in [0.1, 0.15) is 0 Å². The van der Waals surface area contributed by atoms with Crippen LogP contribution >= 0.6 is 11.8 Å². The highest BCUT2D eigenvalue weighted by atomic mass is 32.2. The summed E-state index contributed by atoms with van der Waals surface area (Å²) >= 11 is 1.40. The first kappa shape index (κ1) is 22.1. The number of aromatic amines is 1. The molecule has 0 aliphatic heterocycles. The molecule has 1 aromatic carbocycles. The van der Waals surface area contributed by atoms with E-state index in [0.717, 1.165) is 16.2 Å². The average Bonchev–Trinajstić information content (AvgIpc) is 3.22. The monoisotopic (exact) mass is 429 g/mol. The van der Waals surface area contributed by atoms with Gasteiger partial charge in [0, 0.05) is 19.3 Å². The van der Waals surface area contributed by atoms with Crippen molar-refractivity contribution < 1.29 is 19.1 Å². The Morgan fingerprint density at radius 2 is 2.00 bits per heavy atom. The van der Waals surface area contributed by atoms with Crippen LogP contribution in [-0.4, -0.2) is 51.9 Å². The molecule has 8 heteroatoms. The molecule has 1 atom stereocenters. The predicted octanol–water partition coefficient (Wildman–Crippen LogP) is 4.17. The fraction of sp³-hybridized carbons (Fsp3) is 0.409. The van der Waals surface area contributed by atoms with Crippen LogP contribution < -0.4 is 0 Å². The highest BCUT2D eigenvalue weighted by Crippen LogP contribution is 2.30. The van der Waals surface area contributed by atoms with Gasteiger partial charge in [-0.05, 0) is 45.4 Å². The Labute approximate surface area is 180 Å². The Bertz CT molecular complexity index is 1070. The number of imidazole rings is 1. The largest absolute Gasteiger partial charge is 0.462 e. The zero-order chi connectivity index (χ0) is 21.8. The number of thioether (sulfide) groups is 1. The predicted molar refractivity (Wildman–Crippen MR) is 117 cm³/mol. The molecule has 0 saturated heterocycles. The second-order valence-corrected chi connectivity index (χ2v) is 8.31. The molecule has 3 aromatic rings. The lowest BCUT2D eigenvalue weighted by Gasteiger charge is -2.12. The Balaban J connectivity index is 1.88. The van der Waals surface area contributed by atoms with Crippen molar-refractivity contribution in [2.24, 2.45) is 0 Å². The van der Waals surface area contributed by atoms with Crippen LogP contribution in [0, 0.1) is 13.8 Å². The van der Waals surface area contributed by atoms with Crippen LogP contribution in [0.1, 0.15) is 46.0 Å². The van der Waals surface area contributed by atoms with Gasteiger partial charge in [-0.3, -0.25) is 4.79 Å². The molecule has 0 amide bonds. The molecule has 3 rings (SSSR count). The molecule has 0 aliphatic carbocycles. The number of methoxy groups -OCH3 is 1. The van der Waals surface area contributed by atoms with E-state index in [1.54, 1.807) is 27.9 Å². The van der Waals surface area contributed by atoms with E-state index in [9.17, 15) is 9.59 Å². The fourth-order valence-corrected chi connectivity index (χ4v) is 4.47. The van der Waals surface area contributed by atoms with Crippen molar-refractivity contribution in [2.75, 3.05) is 20.3 Å². The summed E-state index contributed by atoms with van der Waals surface area (Å²) < 4.78 is 12.4. The standard InChI is InChI=1S/C22H27N3O4S/c1-6-29-21(27)18-13(2)19(23-14(18)3)20(26)15(4)30-22-24-16-9-7-8-10-17(16)25(22)11-12-28-5/h7-10,15,23H,6,11-12H2,1-5H3. The molecular formula is C22H27N3O4S. The first-order valence-electron chi connectivity index (χ1n) is 9.90. The van der Waals surface area contributed by atoms with E-state index >= 15 is 0 Å². The summed E-state index contributed by atoms with van der Waals surface area (Å²) in [4.78, 5) is 33.2. The third-order valence-corrected chi connectivity index (χ3v) is 6.04. The summed E-state index contributed by atoms with van der Waals surface area (Å²) in [5.41, 5.74) is 4.02. The lowest BCUT2D eigenvalue weighted by atomic mass is 10.1. The van der Waals surface area contributed by atoms with Gasteiger partial charge in [-0.2, -0.15) is 0 Å². The highest BCUT2D eigenvalue weighted by molar-refractivity contribution is 8.00. The van der Waals surface area contributed by atoms with Gasteiger partial charge in [0.2, 0.25) is 0 Å². The fourth-order valence-electron chi connectivity index (χ4n) is 3.46. The molecule has 0 aliphatic rings. The first-order valence-corrected chi connectivity index (χ1v) is 10.8.